The van der Waals surface area contributed by atoms with Gasteiger partial charge in [0.1, 0.15) is 18.6 Å². The first-order valence-corrected chi connectivity index (χ1v) is 16.0. The first-order valence-electron chi connectivity index (χ1n) is 16.0. The second-order valence-corrected chi connectivity index (χ2v) is 11.3. The van der Waals surface area contributed by atoms with Gasteiger partial charge in [0.25, 0.3) is 0 Å². The Balaban J connectivity index is 2.18. The highest BCUT2D eigenvalue weighted by Gasteiger charge is 2.21. The van der Waals surface area contributed by atoms with Crippen molar-refractivity contribution < 1.29 is 54.0 Å². The summed E-state index contributed by atoms with van der Waals surface area (Å²) >= 11 is 0. The fraction of sp³-hybridized carbons (Fsp3) is 0.613. The molecule has 0 radical (unpaired) electrons. The highest BCUT2D eigenvalue weighted by atomic mass is 16.4. The van der Waals surface area contributed by atoms with E-state index in [0.717, 1.165) is 5.69 Å². The summed E-state index contributed by atoms with van der Waals surface area (Å²) < 4.78 is 0. The monoisotopic (exact) mass is 680 g/mol. The number of amides is 4. The number of urea groups is 1. The molecule has 0 aliphatic rings. The number of carboxylic acids is 4. The van der Waals surface area contributed by atoms with Crippen LogP contribution in [0.25, 0.3) is 0 Å². The molecule has 0 saturated heterocycles. The van der Waals surface area contributed by atoms with Gasteiger partial charge in [0, 0.05) is 32.1 Å². The van der Waals surface area contributed by atoms with E-state index < -0.39 is 48.5 Å². The zero-order chi connectivity index (χ0) is 35.7. The lowest BCUT2D eigenvalue weighted by Gasteiger charge is -2.20. The fourth-order valence-corrected chi connectivity index (χ4v) is 4.67. The van der Waals surface area contributed by atoms with Crippen molar-refractivity contribution in [2.75, 3.05) is 26.2 Å². The third-order valence-electron chi connectivity index (χ3n) is 7.12. The lowest BCUT2D eigenvalue weighted by Crippen LogP contribution is -2.47. The van der Waals surface area contributed by atoms with Gasteiger partial charge < -0.3 is 41.7 Å². The molecular weight excluding hydrogens is 632 g/mol. The molecular formula is C31H48N6O11. The first kappa shape index (κ1) is 41.2. The molecule has 0 aromatic carbocycles. The highest BCUT2D eigenvalue weighted by Crippen LogP contribution is 2.09. The van der Waals surface area contributed by atoms with Crippen molar-refractivity contribution in [3.05, 3.63) is 30.1 Å². The van der Waals surface area contributed by atoms with Crippen LogP contribution in [0.5, 0.6) is 0 Å². The fourth-order valence-electron chi connectivity index (χ4n) is 4.67. The van der Waals surface area contributed by atoms with E-state index in [4.69, 9.17) is 5.11 Å². The lowest BCUT2D eigenvalue weighted by atomic mass is 10.1. The van der Waals surface area contributed by atoms with Gasteiger partial charge in [-0.25, -0.2) is 14.4 Å². The summed E-state index contributed by atoms with van der Waals surface area (Å²) in [5.74, 6) is -5.16. The summed E-state index contributed by atoms with van der Waals surface area (Å²) in [5, 5.41) is 46.0. The number of hydrogen-bond donors (Lipinski definition) is 8. The predicted octanol–water partition coefficient (Wildman–Crippen LogP) is 1.17. The Morgan fingerprint density at radius 2 is 1.31 bits per heavy atom. The molecule has 4 amide bonds. The van der Waals surface area contributed by atoms with E-state index in [1.165, 1.54) is 0 Å². The molecule has 0 aliphatic carbocycles. The first-order chi connectivity index (χ1) is 22.9. The molecule has 48 heavy (non-hydrogen) atoms. The number of aliphatic carboxylic acids is 4. The maximum atomic E-state index is 12.3. The molecule has 0 spiro atoms. The molecule has 268 valence electrons. The highest BCUT2D eigenvalue weighted by molar-refractivity contribution is 5.85. The number of rotatable bonds is 27. The normalized spacial score (nSPS) is 12.0. The van der Waals surface area contributed by atoms with Crippen molar-refractivity contribution in [1.29, 1.82) is 0 Å². The number of unbranched alkanes of at least 4 members (excludes halogenated alkanes) is 5. The maximum Gasteiger partial charge on any atom is 0.326 e. The van der Waals surface area contributed by atoms with Crippen molar-refractivity contribution >= 4 is 41.7 Å². The molecule has 2 atom stereocenters. The average molecular weight is 681 g/mol. The van der Waals surface area contributed by atoms with Gasteiger partial charge in [-0.3, -0.25) is 29.1 Å². The number of hydrogen-bond acceptors (Lipinski definition) is 9. The summed E-state index contributed by atoms with van der Waals surface area (Å²) in [5.41, 5.74) is 0.733. The van der Waals surface area contributed by atoms with E-state index in [2.05, 4.69) is 20.9 Å². The van der Waals surface area contributed by atoms with E-state index in [-0.39, 0.29) is 44.0 Å². The molecule has 1 rings (SSSR count). The smallest absolute Gasteiger partial charge is 0.326 e. The van der Waals surface area contributed by atoms with Crippen LogP contribution in [0.2, 0.25) is 0 Å². The minimum Gasteiger partial charge on any atom is -0.480 e. The second-order valence-electron chi connectivity index (χ2n) is 11.3. The Kier molecular flexibility index (Phi) is 20.9. The molecule has 1 heterocycles. The Labute approximate surface area is 278 Å². The van der Waals surface area contributed by atoms with Crippen LogP contribution in [0.15, 0.2) is 24.4 Å². The number of carboxylic acid groups (broad SMARTS) is 4. The molecule has 8 N–H and O–H groups in total. The quantitative estimate of drug-likeness (QED) is 0.0608. The summed E-state index contributed by atoms with van der Waals surface area (Å²) in [4.78, 5) is 86.5. The average Bonchev–Trinajstić information content (AvgIpc) is 3.02. The molecule has 17 heteroatoms. The molecule has 0 fully saturated rings. The van der Waals surface area contributed by atoms with Crippen LogP contribution < -0.4 is 21.3 Å². The molecule has 0 bridgehead atoms. The Hall–Kier alpha value is -4.80. The van der Waals surface area contributed by atoms with Crippen LogP contribution in [-0.4, -0.2) is 110 Å². The zero-order valence-corrected chi connectivity index (χ0v) is 27.0. The second kappa shape index (κ2) is 24.4. The van der Waals surface area contributed by atoms with E-state index in [0.29, 0.717) is 71.0 Å². The Bertz CT molecular complexity index is 1180. The molecule has 1 aromatic heterocycles. The number of carbonyl (C=O) groups excluding carboxylic acids is 3. The van der Waals surface area contributed by atoms with Gasteiger partial charge in [-0.2, -0.15) is 0 Å². The van der Waals surface area contributed by atoms with Crippen LogP contribution in [0, 0.1) is 0 Å². The minimum absolute atomic E-state index is 0.104. The van der Waals surface area contributed by atoms with Gasteiger partial charge in [0.15, 0.2) is 0 Å². The van der Waals surface area contributed by atoms with Gasteiger partial charge in [-0.1, -0.05) is 18.9 Å². The van der Waals surface area contributed by atoms with E-state index in [9.17, 15) is 48.9 Å². The summed E-state index contributed by atoms with van der Waals surface area (Å²) in [6.45, 7) is 0.316. The van der Waals surface area contributed by atoms with Crippen LogP contribution >= 0.6 is 0 Å². The summed E-state index contributed by atoms with van der Waals surface area (Å²) in [6.07, 6.45) is 6.80. The van der Waals surface area contributed by atoms with Crippen LogP contribution in [0.4, 0.5) is 4.79 Å². The van der Waals surface area contributed by atoms with E-state index in [1.54, 1.807) is 23.2 Å². The number of nitrogens with one attached hydrogen (secondary N) is 4. The van der Waals surface area contributed by atoms with Gasteiger partial charge in [-0.05, 0) is 70.0 Å². The maximum absolute atomic E-state index is 12.3. The Morgan fingerprint density at radius 1 is 0.688 bits per heavy atom. The van der Waals surface area contributed by atoms with Gasteiger partial charge in [0.2, 0.25) is 11.8 Å². The number of carbonyl (C=O) groups is 7. The Morgan fingerprint density at radius 3 is 1.90 bits per heavy atom. The number of nitrogens with zero attached hydrogens (tertiary/aromatic N) is 2. The van der Waals surface area contributed by atoms with E-state index >= 15 is 0 Å². The number of pyridine rings is 1. The van der Waals surface area contributed by atoms with Gasteiger partial charge in [-0.15, -0.1) is 0 Å². The van der Waals surface area contributed by atoms with Crippen LogP contribution in [0.1, 0.15) is 82.7 Å². The summed E-state index contributed by atoms with van der Waals surface area (Å²) in [7, 11) is 0. The third kappa shape index (κ3) is 21.1. The predicted molar refractivity (Wildman–Crippen MR) is 171 cm³/mol. The molecule has 2 unspecified atom stereocenters. The van der Waals surface area contributed by atoms with Crippen LogP contribution in [-0.2, 0) is 35.3 Å². The van der Waals surface area contributed by atoms with Crippen LogP contribution in [0.3, 0.4) is 0 Å². The number of aromatic nitrogens is 1. The minimum atomic E-state index is -1.26. The van der Waals surface area contributed by atoms with Gasteiger partial charge >= 0.3 is 29.9 Å². The van der Waals surface area contributed by atoms with Crippen molar-refractivity contribution in [1.82, 2.24) is 31.2 Å². The van der Waals surface area contributed by atoms with Crippen molar-refractivity contribution in [3.63, 3.8) is 0 Å². The molecule has 17 nitrogen and oxygen atoms in total. The topological polar surface area (TPSA) is 265 Å². The van der Waals surface area contributed by atoms with Gasteiger partial charge in [0.05, 0.1) is 12.2 Å². The summed E-state index contributed by atoms with van der Waals surface area (Å²) in [6, 6.07) is 2.26. The molecule has 0 aliphatic heterocycles. The SMILES string of the molecule is O=C(O)CNC(=O)NC(CCCCNC(=O)CCCCCCC(=O)NC(CCCCN(CC(=O)O)Cc1ccccn1)C(=O)O)C(=O)O. The van der Waals surface area contributed by atoms with Crippen molar-refractivity contribution in [2.45, 2.75) is 95.7 Å². The lowest BCUT2D eigenvalue weighted by molar-refractivity contribution is -0.142. The molecule has 1 aromatic rings. The molecule has 0 saturated carbocycles. The van der Waals surface area contributed by atoms with Crippen molar-refractivity contribution in [3.8, 4) is 0 Å². The third-order valence-corrected chi connectivity index (χ3v) is 7.12. The largest absolute Gasteiger partial charge is 0.480 e. The standard InChI is InChI=1S/C31H48N6O11/c38-25(33-17-9-6-12-24(30(46)47)36-31(48)34-19-27(40)41)14-3-1-2-4-15-26(39)35-23(29(44)45)13-7-10-18-37(21-28(42)43)20-22-11-5-8-16-32-22/h5,8,11,16,23-24H,1-4,6-7,9-10,12-15,17-21H2,(H,33,38)(H,35,39)(H,40,41)(H,42,43)(H,44,45)(H,46,47)(H2,34,36,48). The van der Waals surface area contributed by atoms with E-state index in [1.807, 2.05) is 11.4 Å². The zero-order valence-electron chi connectivity index (χ0n) is 27.0. The van der Waals surface area contributed by atoms with Crippen molar-refractivity contribution in [2.24, 2.45) is 0 Å².